The van der Waals surface area contributed by atoms with Crippen molar-refractivity contribution < 1.29 is 24.1 Å². The van der Waals surface area contributed by atoms with Gasteiger partial charge in [0.2, 0.25) is 5.79 Å². The Morgan fingerprint density at radius 3 is 2.40 bits per heavy atom. The average Bonchev–Trinajstić information content (AvgIpc) is 2.27. The number of carboxylic acids is 1. The summed E-state index contributed by atoms with van der Waals surface area (Å²) >= 11 is 0. The van der Waals surface area contributed by atoms with E-state index in [1.807, 2.05) is 0 Å². The number of methoxy groups -OCH3 is 3. The summed E-state index contributed by atoms with van der Waals surface area (Å²) in [5, 5.41) is 8.81. The van der Waals surface area contributed by atoms with E-state index in [0.717, 1.165) is 0 Å². The minimum absolute atomic E-state index is 0.159. The van der Waals surface area contributed by atoms with E-state index in [2.05, 4.69) is 0 Å². The van der Waals surface area contributed by atoms with Crippen LogP contribution in [0.4, 0.5) is 0 Å². The van der Waals surface area contributed by atoms with Crippen molar-refractivity contribution in [3.8, 4) is 0 Å². The van der Waals surface area contributed by atoms with E-state index in [-0.39, 0.29) is 5.57 Å². The third-order valence-corrected chi connectivity index (χ3v) is 2.36. The fraction of sp³-hybridized carbons (Fsp3) is 0.500. The van der Waals surface area contributed by atoms with Gasteiger partial charge in [0, 0.05) is 21.3 Å². The highest BCUT2D eigenvalue weighted by atomic mass is 16.7. The summed E-state index contributed by atoms with van der Waals surface area (Å²) in [6.07, 6.45) is 3.84. The van der Waals surface area contributed by atoms with E-state index in [4.69, 9.17) is 19.3 Å². The zero-order valence-electron chi connectivity index (χ0n) is 8.89. The van der Waals surface area contributed by atoms with Gasteiger partial charge in [-0.2, -0.15) is 0 Å². The average molecular weight is 214 g/mol. The molecule has 5 heteroatoms. The standard InChI is InChI=1S/C10H14O5/c1-13-8-6-7(9(11)12)4-5-10(8,14-2)15-3/h4-6,8H,1-3H3,(H,11,12). The van der Waals surface area contributed by atoms with Gasteiger partial charge in [-0.25, -0.2) is 4.79 Å². The van der Waals surface area contributed by atoms with Crippen molar-refractivity contribution in [2.24, 2.45) is 0 Å². The van der Waals surface area contributed by atoms with Gasteiger partial charge in [-0.05, 0) is 18.2 Å². The van der Waals surface area contributed by atoms with Gasteiger partial charge in [-0.1, -0.05) is 0 Å². The summed E-state index contributed by atoms with van der Waals surface area (Å²) in [7, 11) is 4.41. The molecule has 15 heavy (non-hydrogen) atoms. The van der Waals surface area contributed by atoms with E-state index in [9.17, 15) is 4.79 Å². The number of hydrogen-bond donors (Lipinski definition) is 1. The molecule has 0 fully saturated rings. The predicted molar refractivity (Wildman–Crippen MR) is 52.4 cm³/mol. The normalized spacial score (nSPS) is 23.7. The molecular formula is C10H14O5. The molecule has 84 valence electrons. The van der Waals surface area contributed by atoms with E-state index in [0.29, 0.717) is 0 Å². The molecule has 1 rings (SSSR count). The molecule has 0 bridgehead atoms. The van der Waals surface area contributed by atoms with Crippen molar-refractivity contribution in [2.45, 2.75) is 11.9 Å². The van der Waals surface area contributed by atoms with Crippen LogP contribution in [-0.4, -0.2) is 44.3 Å². The second-order valence-corrected chi connectivity index (χ2v) is 3.05. The van der Waals surface area contributed by atoms with Crippen molar-refractivity contribution in [2.75, 3.05) is 21.3 Å². The summed E-state index contributed by atoms with van der Waals surface area (Å²) in [5.41, 5.74) is 0.159. The molecule has 1 aliphatic rings. The molecule has 1 unspecified atom stereocenters. The lowest BCUT2D eigenvalue weighted by molar-refractivity contribution is -0.221. The fourth-order valence-corrected chi connectivity index (χ4v) is 1.46. The maximum Gasteiger partial charge on any atom is 0.335 e. The molecule has 1 N–H and O–H groups in total. The Balaban J connectivity index is 3.01. The first kappa shape index (κ1) is 11.9. The summed E-state index contributed by atoms with van der Waals surface area (Å²) in [6.45, 7) is 0. The van der Waals surface area contributed by atoms with Gasteiger partial charge in [0.1, 0.15) is 6.10 Å². The number of ether oxygens (including phenoxy) is 3. The second kappa shape index (κ2) is 4.57. The third-order valence-electron chi connectivity index (χ3n) is 2.36. The largest absolute Gasteiger partial charge is 0.478 e. The lowest BCUT2D eigenvalue weighted by atomic mass is 9.99. The monoisotopic (exact) mass is 214 g/mol. The van der Waals surface area contributed by atoms with E-state index in [1.165, 1.54) is 39.6 Å². The number of carbonyl (C=O) groups is 1. The van der Waals surface area contributed by atoms with Crippen molar-refractivity contribution in [3.63, 3.8) is 0 Å². The van der Waals surface area contributed by atoms with Gasteiger partial charge in [0.05, 0.1) is 5.57 Å². The summed E-state index contributed by atoms with van der Waals surface area (Å²) in [5.74, 6) is -2.05. The Hall–Kier alpha value is -1.17. The Morgan fingerprint density at radius 1 is 1.40 bits per heavy atom. The third kappa shape index (κ3) is 2.09. The van der Waals surface area contributed by atoms with Crippen LogP contribution < -0.4 is 0 Å². The van der Waals surface area contributed by atoms with Gasteiger partial charge in [-0.3, -0.25) is 0 Å². The van der Waals surface area contributed by atoms with Crippen LogP contribution in [0.2, 0.25) is 0 Å². The molecule has 1 aliphatic carbocycles. The number of aliphatic carboxylic acids is 1. The molecule has 0 amide bonds. The molecule has 1 atom stereocenters. The Labute approximate surface area is 87.9 Å². The molecule has 0 radical (unpaired) electrons. The highest BCUT2D eigenvalue weighted by Crippen LogP contribution is 2.27. The zero-order chi connectivity index (χ0) is 11.5. The van der Waals surface area contributed by atoms with Gasteiger partial charge in [0.25, 0.3) is 0 Å². The molecule has 0 aromatic carbocycles. The maximum absolute atomic E-state index is 10.7. The second-order valence-electron chi connectivity index (χ2n) is 3.05. The van der Waals surface area contributed by atoms with Crippen LogP contribution in [0.1, 0.15) is 0 Å². The topological polar surface area (TPSA) is 65.0 Å². The molecule has 5 nitrogen and oxygen atoms in total. The van der Waals surface area contributed by atoms with Crippen LogP contribution >= 0.6 is 0 Å². The van der Waals surface area contributed by atoms with Crippen LogP contribution in [0.25, 0.3) is 0 Å². The van der Waals surface area contributed by atoms with Gasteiger partial charge < -0.3 is 19.3 Å². The zero-order valence-corrected chi connectivity index (χ0v) is 8.89. The number of hydrogen-bond acceptors (Lipinski definition) is 4. The first-order valence-corrected chi connectivity index (χ1v) is 4.37. The quantitative estimate of drug-likeness (QED) is 0.693. The summed E-state index contributed by atoms with van der Waals surface area (Å²) in [6, 6.07) is 0. The predicted octanol–water partition coefficient (Wildman–Crippen LogP) is 0.571. The molecular weight excluding hydrogens is 200 g/mol. The first-order chi connectivity index (χ1) is 7.09. The smallest absolute Gasteiger partial charge is 0.335 e. The SMILES string of the molecule is COC1C=C(C(=O)O)C=CC1(OC)OC. The van der Waals surface area contributed by atoms with Crippen LogP contribution in [0.3, 0.4) is 0 Å². The van der Waals surface area contributed by atoms with Crippen molar-refractivity contribution >= 4 is 5.97 Å². The molecule has 0 saturated heterocycles. The van der Waals surface area contributed by atoms with Crippen molar-refractivity contribution in [1.29, 1.82) is 0 Å². The molecule has 0 aromatic heterocycles. The summed E-state index contributed by atoms with van der Waals surface area (Å²) in [4.78, 5) is 10.7. The van der Waals surface area contributed by atoms with E-state index < -0.39 is 17.9 Å². The number of carboxylic acid groups (broad SMARTS) is 1. The van der Waals surface area contributed by atoms with Crippen LogP contribution in [0, 0.1) is 0 Å². The first-order valence-electron chi connectivity index (χ1n) is 4.37. The lowest BCUT2D eigenvalue weighted by Crippen LogP contribution is -2.46. The Morgan fingerprint density at radius 2 is 2.00 bits per heavy atom. The van der Waals surface area contributed by atoms with E-state index >= 15 is 0 Å². The number of rotatable bonds is 4. The minimum atomic E-state index is -1.05. The van der Waals surface area contributed by atoms with Crippen molar-refractivity contribution in [1.82, 2.24) is 0 Å². The molecule has 0 heterocycles. The highest BCUT2D eigenvalue weighted by Gasteiger charge is 2.39. The van der Waals surface area contributed by atoms with Gasteiger partial charge in [-0.15, -0.1) is 0 Å². The minimum Gasteiger partial charge on any atom is -0.478 e. The van der Waals surface area contributed by atoms with Crippen LogP contribution in [0.15, 0.2) is 23.8 Å². The Bertz CT molecular complexity index is 301. The highest BCUT2D eigenvalue weighted by molar-refractivity contribution is 5.90. The van der Waals surface area contributed by atoms with E-state index in [1.54, 1.807) is 0 Å². The van der Waals surface area contributed by atoms with Gasteiger partial charge in [0.15, 0.2) is 0 Å². The van der Waals surface area contributed by atoms with Crippen molar-refractivity contribution in [3.05, 3.63) is 23.8 Å². The van der Waals surface area contributed by atoms with Crippen LogP contribution in [0.5, 0.6) is 0 Å². The fourth-order valence-electron chi connectivity index (χ4n) is 1.46. The Kier molecular flexibility index (Phi) is 3.62. The molecule has 0 saturated carbocycles. The summed E-state index contributed by atoms with van der Waals surface area (Å²) < 4.78 is 15.5. The molecule has 0 aliphatic heterocycles. The maximum atomic E-state index is 10.7. The molecule has 0 spiro atoms. The van der Waals surface area contributed by atoms with Crippen LogP contribution in [-0.2, 0) is 19.0 Å². The van der Waals surface area contributed by atoms with Gasteiger partial charge >= 0.3 is 5.97 Å². The lowest BCUT2D eigenvalue weighted by Gasteiger charge is -2.35. The molecule has 0 aromatic rings.